The molecule has 2 aromatic rings. The second kappa shape index (κ2) is 10.3. The normalized spacial score (nSPS) is 15.7. The molecule has 7 nitrogen and oxygen atoms in total. The van der Waals surface area contributed by atoms with Crippen LogP contribution >= 0.6 is 11.6 Å². The Balaban J connectivity index is 1.51. The molecule has 162 valence electrons. The first-order valence-electron chi connectivity index (χ1n) is 9.92. The summed E-state index contributed by atoms with van der Waals surface area (Å²) in [5, 5.41) is 3.06. The fourth-order valence-electron chi connectivity index (χ4n) is 3.22. The van der Waals surface area contributed by atoms with Gasteiger partial charge in [0.1, 0.15) is 0 Å². The summed E-state index contributed by atoms with van der Waals surface area (Å²) in [6.07, 6.45) is 0.873. The summed E-state index contributed by atoms with van der Waals surface area (Å²) in [5.41, 5.74) is 0.620. The van der Waals surface area contributed by atoms with Crippen molar-refractivity contribution in [3.63, 3.8) is 0 Å². The van der Waals surface area contributed by atoms with Crippen LogP contribution in [0.5, 0.6) is 0 Å². The predicted octanol–water partition coefficient (Wildman–Crippen LogP) is 2.51. The number of carbonyl (C=O) groups excluding carboxylic acids is 1. The maximum Gasteiger partial charge on any atom is 0.261 e. The molecule has 1 aliphatic heterocycles. The molecule has 0 spiro atoms. The number of piperazine rings is 1. The largest absolute Gasteiger partial charge is 0.352 e. The van der Waals surface area contributed by atoms with Gasteiger partial charge < -0.3 is 15.1 Å². The van der Waals surface area contributed by atoms with Gasteiger partial charge in [0.15, 0.2) is 0 Å². The first kappa shape index (κ1) is 22.6. The smallest absolute Gasteiger partial charge is 0.261 e. The number of amides is 1. The van der Waals surface area contributed by atoms with Crippen molar-refractivity contribution in [2.24, 2.45) is 0 Å². The van der Waals surface area contributed by atoms with Crippen LogP contribution in [0.1, 0.15) is 16.8 Å². The summed E-state index contributed by atoms with van der Waals surface area (Å²) in [5.74, 6) is -0.229. The van der Waals surface area contributed by atoms with Gasteiger partial charge in [0.05, 0.1) is 15.6 Å². The molecule has 1 aliphatic rings. The number of halogens is 1. The van der Waals surface area contributed by atoms with Gasteiger partial charge in [0.25, 0.3) is 15.9 Å². The molecule has 0 saturated carbocycles. The molecular weight excluding hydrogens is 424 g/mol. The van der Waals surface area contributed by atoms with Crippen LogP contribution in [0.4, 0.5) is 5.69 Å². The Labute approximate surface area is 183 Å². The highest BCUT2D eigenvalue weighted by molar-refractivity contribution is 7.92. The fourth-order valence-corrected chi connectivity index (χ4v) is 4.61. The number of benzene rings is 2. The van der Waals surface area contributed by atoms with Gasteiger partial charge >= 0.3 is 0 Å². The molecule has 0 aromatic heterocycles. The topological polar surface area (TPSA) is 81.8 Å². The van der Waals surface area contributed by atoms with Crippen LogP contribution in [0.3, 0.4) is 0 Å². The van der Waals surface area contributed by atoms with Gasteiger partial charge in [-0.1, -0.05) is 29.8 Å². The second-order valence-corrected chi connectivity index (χ2v) is 9.46. The zero-order valence-electron chi connectivity index (χ0n) is 17.0. The van der Waals surface area contributed by atoms with Crippen LogP contribution in [0.15, 0.2) is 53.4 Å². The Hall–Kier alpha value is -2.13. The predicted molar refractivity (Wildman–Crippen MR) is 120 cm³/mol. The number of nitrogens with one attached hydrogen (secondary N) is 2. The van der Waals surface area contributed by atoms with Crippen molar-refractivity contribution in [1.82, 2.24) is 15.1 Å². The van der Waals surface area contributed by atoms with Gasteiger partial charge in [-0.25, -0.2) is 8.42 Å². The van der Waals surface area contributed by atoms with E-state index in [2.05, 4.69) is 26.9 Å². The molecule has 0 atom stereocenters. The van der Waals surface area contributed by atoms with Crippen LogP contribution in [0.25, 0.3) is 0 Å². The van der Waals surface area contributed by atoms with Crippen molar-refractivity contribution in [2.75, 3.05) is 51.0 Å². The lowest BCUT2D eigenvalue weighted by molar-refractivity contribution is 0.0949. The number of carbonyl (C=O) groups is 1. The maximum atomic E-state index is 12.4. The lowest BCUT2D eigenvalue weighted by atomic mass is 10.2. The monoisotopic (exact) mass is 450 g/mol. The first-order chi connectivity index (χ1) is 14.3. The summed E-state index contributed by atoms with van der Waals surface area (Å²) in [7, 11) is -1.62. The first-order valence-corrected chi connectivity index (χ1v) is 11.8. The van der Waals surface area contributed by atoms with Crippen molar-refractivity contribution < 1.29 is 13.2 Å². The zero-order chi connectivity index (χ0) is 21.6. The molecule has 1 amide bonds. The van der Waals surface area contributed by atoms with Crippen LogP contribution < -0.4 is 10.0 Å². The molecule has 30 heavy (non-hydrogen) atoms. The van der Waals surface area contributed by atoms with Crippen molar-refractivity contribution >= 4 is 33.2 Å². The molecule has 0 aliphatic carbocycles. The Morgan fingerprint density at radius 3 is 2.43 bits per heavy atom. The lowest BCUT2D eigenvalue weighted by Crippen LogP contribution is -2.45. The van der Waals surface area contributed by atoms with Gasteiger partial charge in [0.2, 0.25) is 0 Å². The van der Waals surface area contributed by atoms with Gasteiger partial charge in [-0.15, -0.1) is 0 Å². The maximum absolute atomic E-state index is 12.4. The van der Waals surface area contributed by atoms with E-state index < -0.39 is 10.0 Å². The third kappa shape index (κ3) is 6.18. The number of hydrogen-bond acceptors (Lipinski definition) is 5. The standard InChI is InChI=1S/C21H27ClN4O3S/c1-25-12-14-26(15-13-25)11-5-10-23-21(27)17-8-9-20(19(22)16-17)24-30(28,29)18-6-3-2-4-7-18/h2-4,6-9,16,24H,5,10-15H2,1H3,(H,23,27). The van der Waals surface area contributed by atoms with Gasteiger partial charge in [-0.2, -0.15) is 0 Å². The van der Waals surface area contributed by atoms with E-state index in [9.17, 15) is 13.2 Å². The van der Waals surface area contributed by atoms with Gasteiger partial charge in [-0.05, 0) is 50.3 Å². The average molecular weight is 451 g/mol. The molecule has 0 unspecified atom stereocenters. The highest BCUT2D eigenvalue weighted by Crippen LogP contribution is 2.25. The Kier molecular flexibility index (Phi) is 7.71. The summed E-state index contributed by atoms with van der Waals surface area (Å²) in [6.45, 7) is 5.79. The number of sulfonamides is 1. The third-order valence-corrected chi connectivity index (χ3v) is 6.76. The number of anilines is 1. The highest BCUT2D eigenvalue weighted by atomic mass is 35.5. The lowest BCUT2D eigenvalue weighted by Gasteiger charge is -2.32. The van der Waals surface area contributed by atoms with Crippen molar-refractivity contribution in [2.45, 2.75) is 11.3 Å². The molecule has 1 fully saturated rings. The summed E-state index contributed by atoms with van der Waals surface area (Å²) < 4.78 is 27.3. The Bertz CT molecular complexity index is 961. The minimum absolute atomic E-state index is 0.142. The van der Waals surface area contributed by atoms with Gasteiger partial charge in [-0.3, -0.25) is 9.52 Å². The molecule has 1 heterocycles. The number of rotatable bonds is 8. The Morgan fingerprint density at radius 2 is 1.77 bits per heavy atom. The van der Waals surface area contributed by atoms with E-state index >= 15 is 0 Å². The zero-order valence-corrected chi connectivity index (χ0v) is 18.5. The van der Waals surface area contributed by atoms with Crippen LogP contribution in [0, 0.1) is 0 Å². The fraction of sp³-hybridized carbons (Fsp3) is 0.381. The molecule has 3 rings (SSSR count). The molecule has 2 N–H and O–H groups in total. The average Bonchev–Trinajstić information content (AvgIpc) is 2.74. The third-order valence-electron chi connectivity index (χ3n) is 5.06. The minimum Gasteiger partial charge on any atom is -0.352 e. The summed E-state index contributed by atoms with van der Waals surface area (Å²) in [4.78, 5) is 17.2. The van der Waals surface area contributed by atoms with Crippen molar-refractivity contribution in [3.05, 3.63) is 59.1 Å². The summed E-state index contributed by atoms with van der Waals surface area (Å²) >= 11 is 6.22. The second-order valence-electron chi connectivity index (χ2n) is 7.37. The molecule has 0 bridgehead atoms. The minimum atomic E-state index is -3.74. The number of nitrogens with zero attached hydrogens (tertiary/aromatic N) is 2. The molecule has 2 aromatic carbocycles. The van der Waals surface area contributed by atoms with Crippen LogP contribution in [0.2, 0.25) is 5.02 Å². The SMILES string of the molecule is CN1CCN(CCCNC(=O)c2ccc(NS(=O)(=O)c3ccccc3)c(Cl)c2)CC1. The van der Waals surface area contributed by atoms with Crippen molar-refractivity contribution in [1.29, 1.82) is 0 Å². The quantitative estimate of drug-likeness (QED) is 0.604. The van der Waals surface area contributed by atoms with E-state index in [4.69, 9.17) is 11.6 Å². The molecule has 0 radical (unpaired) electrons. The van der Waals surface area contributed by atoms with E-state index in [1.54, 1.807) is 24.3 Å². The Morgan fingerprint density at radius 1 is 1.07 bits per heavy atom. The van der Waals surface area contributed by atoms with E-state index in [1.165, 1.54) is 24.3 Å². The van der Waals surface area contributed by atoms with E-state index in [1.807, 2.05) is 0 Å². The van der Waals surface area contributed by atoms with E-state index in [0.717, 1.165) is 39.1 Å². The van der Waals surface area contributed by atoms with Crippen LogP contribution in [-0.4, -0.2) is 70.4 Å². The molecule has 9 heteroatoms. The summed E-state index contributed by atoms with van der Waals surface area (Å²) in [6, 6.07) is 12.6. The van der Waals surface area contributed by atoms with Gasteiger partial charge in [0, 0.05) is 38.3 Å². The van der Waals surface area contributed by atoms with E-state index in [-0.39, 0.29) is 21.5 Å². The highest BCUT2D eigenvalue weighted by Gasteiger charge is 2.17. The molecular formula is C21H27ClN4O3S. The van der Waals surface area contributed by atoms with E-state index in [0.29, 0.717) is 12.1 Å². The van der Waals surface area contributed by atoms with Crippen molar-refractivity contribution in [3.8, 4) is 0 Å². The van der Waals surface area contributed by atoms with Crippen LogP contribution in [-0.2, 0) is 10.0 Å². The number of likely N-dealkylation sites (N-methyl/N-ethyl adjacent to an activating group) is 1. The molecule has 1 saturated heterocycles. The number of hydrogen-bond donors (Lipinski definition) is 2.